The minimum Gasteiger partial charge on any atom is -0.321 e. The van der Waals surface area contributed by atoms with Gasteiger partial charge in [-0.15, -0.1) is 0 Å². The first-order valence-electron chi connectivity index (χ1n) is 6.67. The Labute approximate surface area is 130 Å². The van der Waals surface area contributed by atoms with Crippen molar-refractivity contribution in [1.82, 2.24) is 14.5 Å². The minimum atomic E-state index is -0.171. The molecule has 1 aliphatic rings. The van der Waals surface area contributed by atoms with Crippen LogP contribution in [0.4, 0.5) is 0 Å². The van der Waals surface area contributed by atoms with Crippen LogP contribution >= 0.6 is 15.9 Å². The van der Waals surface area contributed by atoms with Crippen LogP contribution in [0, 0.1) is 11.3 Å². The highest BCUT2D eigenvalue weighted by Crippen LogP contribution is 2.27. The molecule has 0 aliphatic heterocycles. The van der Waals surface area contributed by atoms with E-state index in [-0.39, 0.29) is 18.5 Å². The van der Waals surface area contributed by atoms with Crippen LogP contribution in [0.5, 0.6) is 0 Å². The van der Waals surface area contributed by atoms with Crippen molar-refractivity contribution in [2.45, 2.75) is 18.9 Å². The van der Waals surface area contributed by atoms with E-state index in [1.54, 1.807) is 22.0 Å². The molecule has 1 aromatic heterocycles. The number of hydrogen-bond donors (Lipinski definition) is 0. The zero-order valence-corrected chi connectivity index (χ0v) is 12.8. The summed E-state index contributed by atoms with van der Waals surface area (Å²) in [6.45, 7) is 0.120. The number of hydrogen-bond acceptors (Lipinski definition) is 3. The zero-order chi connectivity index (χ0) is 14.8. The SMILES string of the molecule is N#CCN(C(=O)c1cn(-c2ccc(Br)cc2)cn1)C1CC1. The molecule has 5 nitrogen and oxygen atoms in total. The highest BCUT2D eigenvalue weighted by molar-refractivity contribution is 9.10. The van der Waals surface area contributed by atoms with E-state index in [9.17, 15) is 4.79 Å². The lowest BCUT2D eigenvalue weighted by Gasteiger charge is -2.17. The lowest BCUT2D eigenvalue weighted by atomic mass is 10.3. The van der Waals surface area contributed by atoms with Crippen molar-refractivity contribution in [3.8, 4) is 11.8 Å². The molecule has 1 amide bonds. The molecule has 0 bridgehead atoms. The largest absolute Gasteiger partial charge is 0.321 e. The summed E-state index contributed by atoms with van der Waals surface area (Å²) in [5.74, 6) is -0.171. The Morgan fingerprint density at radius 3 is 2.76 bits per heavy atom. The van der Waals surface area contributed by atoms with Crippen LogP contribution in [0.2, 0.25) is 0 Å². The molecule has 0 spiro atoms. The van der Waals surface area contributed by atoms with E-state index in [0.29, 0.717) is 5.69 Å². The Hall–Kier alpha value is -2.13. The average Bonchev–Trinajstić information content (AvgIpc) is 3.21. The number of benzene rings is 1. The van der Waals surface area contributed by atoms with Gasteiger partial charge in [0.1, 0.15) is 18.6 Å². The predicted molar refractivity (Wildman–Crippen MR) is 80.9 cm³/mol. The molecule has 21 heavy (non-hydrogen) atoms. The van der Waals surface area contributed by atoms with Crippen molar-refractivity contribution in [2.24, 2.45) is 0 Å². The molecule has 1 aliphatic carbocycles. The number of amides is 1. The second kappa shape index (κ2) is 5.70. The molecule has 1 heterocycles. The average molecular weight is 345 g/mol. The van der Waals surface area contributed by atoms with Gasteiger partial charge in [-0.05, 0) is 37.1 Å². The molecule has 106 valence electrons. The Kier molecular flexibility index (Phi) is 3.76. The Morgan fingerprint density at radius 1 is 1.43 bits per heavy atom. The van der Waals surface area contributed by atoms with E-state index in [1.165, 1.54) is 0 Å². The van der Waals surface area contributed by atoms with Crippen molar-refractivity contribution >= 4 is 21.8 Å². The van der Waals surface area contributed by atoms with Crippen molar-refractivity contribution in [3.63, 3.8) is 0 Å². The third kappa shape index (κ3) is 2.98. The lowest BCUT2D eigenvalue weighted by Crippen LogP contribution is -2.33. The van der Waals surface area contributed by atoms with Gasteiger partial charge in [0.15, 0.2) is 0 Å². The quantitative estimate of drug-likeness (QED) is 0.801. The zero-order valence-electron chi connectivity index (χ0n) is 11.2. The van der Waals surface area contributed by atoms with E-state index < -0.39 is 0 Å². The van der Waals surface area contributed by atoms with Crippen LogP contribution in [0.3, 0.4) is 0 Å². The highest BCUT2D eigenvalue weighted by Gasteiger charge is 2.33. The van der Waals surface area contributed by atoms with Crippen LogP contribution in [0.15, 0.2) is 41.3 Å². The Bertz CT molecular complexity index is 697. The molecule has 6 heteroatoms. The van der Waals surface area contributed by atoms with Gasteiger partial charge in [-0.1, -0.05) is 15.9 Å². The fraction of sp³-hybridized carbons (Fsp3) is 0.267. The van der Waals surface area contributed by atoms with Gasteiger partial charge in [0, 0.05) is 22.4 Å². The molecule has 0 N–H and O–H groups in total. The lowest BCUT2D eigenvalue weighted by molar-refractivity contribution is 0.0759. The van der Waals surface area contributed by atoms with Crippen LogP contribution < -0.4 is 0 Å². The van der Waals surface area contributed by atoms with Crippen LogP contribution in [0.25, 0.3) is 5.69 Å². The number of rotatable bonds is 4. The number of halogens is 1. The normalized spacial score (nSPS) is 13.7. The summed E-state index contributed by atoms with van der Waals surface area (Å²) in [6.07, 6.45) is 5.27. The second-order valence-electron chi connectivity index (χ2n) is 4.96. The fourth-order valence-corrected chi connectivity index (χ4v) is 2.43. The summed E-state index contributed by atoms with van der Waals surface area (Å²) in [5.41, 5.74) is 1.31. The molecular weight excluding hydrogens is 332 g/mol. The summed E-state index contributed by atoms with van der Waals surface area (Å²) in [6, 6.07) is 10.00. The third-order valence-electron chi connectivity index (χ3n) is 3.42. The molecule has 0 saturated heterocycles. The van der Waals surface area contributed by atoms with Crippen molar-refractivity contribution in [2.75, 3.05) is 6.54 Å². The summed E-state index contributed by atoms with van der Waals surface area (Å²) < 4.78 is 2.80. The molecule has 1 saturated carbocycles. The highest BCUT2D eigenvalue weighted by atomic mass is 79.9. The third-order valence-corrected chi connectivity index (χ3v) is 3.94. The minimum absolute atomic E-state index is 0.120. The number of nitriles is 1. The maximum Gasteiger partial charge on any atom is 0.275 e. The Balaban J connectivity index is 1.82. The van der Waals surface area contributed by atoms with Crippen LogP contribution in [-0.4, -0.2) is 32.9 Å². The molecule has 0 unspecified atom stereocenters. The van der Waals surface area contributed by atoms with Gasteiger partial charge in [-0.2, -0.15) is 5.26 Å². The van der Waals surface area contributed by atoms with Crippen molar-refractivity contribution < 1.29 is 4.79 Å². The van der Waals surface area contributed by atoms with Crippen LogP contribution in [0.1, 0.15) is 23.3 Å². The molecule has 3 rings (SSSR count). The molecule has 1 aromatic carbocycles. The van der Waals surface area contributed by atoms with Gasteiger partial charge in [-0.3, -0.25) is 4.79 Å². The topological polar surface area (TPSA) is 61.9 Å². The summed E-state index contributed by atoms with van der Waals surface area (Å²) in [4.78, 5) is 18.2. The summed E-state index contributed by atoms with van der Waals surface area (Å²) in [5, 5.41) is 8.84. The molecule has 1 fully saturated rings. The van der Waals surface area contributed by atoms with Gasteiger partial charge in [0.25, 0.3) is 5.91 Å². The number of carbonyl (C=O) groups excluding carboxylic acids is 1. The van der Waals surface area contributed by atoms with E-state index in [4.69, 9.17) is 5.26 Å². The van der Waals surface area contributed by atoms with Crippen molar-refractivity contribution in [3.05, 3.63) is 47.0 Å². The summed E-state index contributed by atoms with van der Waals surface area (Å²) >= 11 is 3.39. The smallest absolute Gasteiger partial charge is 0.275 e. The number of imidazole rings is 1. The molecule has 2 aromatic rings. The van der Waals surface area contributed by atoms with Gasteiger partial charge in [0.2, 0.25) is 0 Å². The molecule has 0 atom stereocenters. The maximum atomic E-state index is 12.4. The number of nitrogens with zero attached hydrogens (tertiary/aromatic N) is 4. The summed E-state index contributed by atoms with van der Waals surface area (Å²) in [7, 11) is 0. The van der Waals surface area contributed by atoms with Crippen molar-refractivity contribution in [1.29, 1.82) is 5.26 Å². The number of carbonyl (C=O) groups is 1. The van der Waals surface area contributed by atoms with Gasteiger partial charge < -0.3 is 9.47 Å². The number of aromatic nitrogens is 2. The first-order valence-corrected chi connectivity index (χ1v) is 7.46. The van der Waals surface area contributed by atoms with E-state index >= 15 is 0 Å². The molecule has 0 radical (unpaired) electrons. The maximum absolute atomic E-state index is 12.4. The van der Waals surface area contributed by atoms with E-state index in [1.807, 2.05) is 30.3 Å². The standard InChI is InChI=1S/C15H13BrN4O/c16-11-1-3-12(4-2-11)19-9-14(18-10-19)15(21)20(8-7-17)13-5-6-13/h1-4,9-10,13H,5-6,8H2. The molecular formula is C15H13BrN4O. The first kappa shape index (κ1) is 13.8. The van der Waals surface area contributed by atoms with Gasteiger partial charge in [-0.25, -0.2) is 4.98 Å². The first-order chi connectivity index (χ1) is 10.2. The predicted octanol–water partition coefficient (Wildman–Crippen LogP) is 2.76. The monoisotopic (exact) mass is 344 g/mol. The van der Waals surface area contributed by atoms with E-state index in [0.717, 1.165) is 23.0 Å². The second-order valence-corrected chi connectivity index (χ2v) is 5.88. The van der Waals surface area contributed by atoms with Crippen LogP contribution in [-0.2, 0) is 0 Å². The van der Waals surface area contributed by atoms with Gasteiger partial charge in [0.05, 0.1) is 6.07 Å². The fourth-order valence-electron chi connectivity index (χ4n) is 2.16. The van der Waals surface area contributed by atoms with E-state index in [2.05, 4.69) is 20.9 Å². The van der Waals surface area contributed by atoms with Gasteiger partial charge >= 0.3 is 0 Å². The Morgan fingerprint density at radius 2 is 2.14 bits per heavy atom.